The molecule has 0 aromatic heterocycles. The van der Waals surface area contributed by atoms with Gasteiger partial charge in [-0.25, -0.2) is 4.99 Å². The molecule has 0 unspecified atom stereocenters. The molecule has 0 bridgehead atoms. The minimum atomic E-state index is -0.0194. The van der Waals surface area contributed by atoms with Gasteiger partial charge in [0.15, 0.2) is 5.78 Å². The highest BCUT2D eigenvalue weighted by molar-refractivity contribution is 7.78. The van der Waals surface area contributed by atoms with Crippen molar-refractivity contribution in [3.05, 3.63) is 23.8 Å². The molecule has 118 valence electrons. The minimum Gasteiger partial charge on any atom is -0.490 e. The van der Waals surface area contributed by atoms with E-state index in [1.807, 2.05) is 13.8 Å². The third-order valence-corrected chi connectivity index (χ3v) is 3.63. The Morgan fingerprint density at radius 3 is 2.67 bits per heavy atom. The van der Waals surface area contributed by atoms with E-state index in [1.165, 1.54) is 0 Å². The SMILES string of the molecule is C=N/C(=C\C=C(/C)OCC(=O)C(C)C)O[C@H]1C[C@@H](NS)C1. The van der Waals surface area contributed by atoms with Gasteiger partial charge in [-0.05, 0) is 19.7 Å². The summed E-state index contributed by atoms with van der Waals surface area (Å²) in [4.78, 5) is 15.3. The first-order valence-corrected chi connectivity index (χ1v) is 7.48. The lowest BCUT2D eigenvalue weighted by Gasteiger charge is -2.34. The fourth-order valence-electron chi connectivity index (χ4n) is 1.66. The van der Waals surface area contributed by atoms with Gasteiger partial charge in [0.2, 0.25) is 5.88 Å². The van der Waals surface area contributed by atoms with E-state index < -0.39 is 0 Å². The Morgan fingerprint density at radius 1 is 1.48 bits per heavy atom. The molecular formula is C15H24N2O3S. The van der Waals surface area contributed by atoms with Gasteiger partial charge in [0.1, 0.15) is 12.7 Å². The van der Waals surface area contributed by atoms with Gasteiger partial charge >= 0.3 is 0 Å². The summed E-state index contributed by atoms with van der Waals surface area (Å²) in [5, 5.41) is 0. The topological polar surface area (TPSA) is 59.9 Å². The van der Waals surface area contributed by atoms with Crippen molar-refractivity contribution in [3.63, 3.8) is 0 Å². The predicted molar refractivity (Wildman–Crippen MR) is 87.2 cm³/mol. The zero-order chi connectivity index (χ0) is 15.8. The fourth-order valence-corrected chi connectivity index (χ4v) is 1.87. The number of allylic oxidation sites excluding steroid dienone is 3. The van der Waals surface area contributed by atoms with E-state index in [2.05, 4.69) is 29.2 Å². The Balaban J connectivity index is 2.41. The van der Waals surface area contributed by atoms with Gasteiger partial charge in [-0.15, -0.1) is 0 Å². The summed E-state index contributed by atoms with van der Waals surface area (Å²) in [7, 11) is 0. The molecule has 21 heavy (non-hydrogen) atoms. The molecule has 0 spiro atoms. The maximum atomic E-state index is 11.5. The molecule has 0 amide bonds. The van der Waals surface area contributed by atoms with Crippen LogP contribution in [0.15, 0.2) is 28.8 Å². The third kappa shape index (κ3) is 6.35. The second-order valence-electron chi connectivity index (χ2n) is 5.39. The summed E-state index contributed by atoms with van der Waals surface area (Å²) < 4.78 is 13.9. The normalized spacial score (nSPS) is 22.7. The van der Waals surface area contributed by atoms with Crippen LogP contribution in [0.2, 0.25) is 0 Å². The van der Waals surface area contributed by atoms with Crippen molar-refractivity contribution in [1.29, 1.82) is 0 Å². The lowest BCUT2D eigenvalue weighted by Crippen LogP contribution is -2.41. The highest BCUT2D eigenvalue weighted by Gasteiger charge is 2.30. The first-order chi connectivity index (χ1) is 9.96. The summed E-state index contributed by atoms with van der Waals surface area (Å²) in [6.45, 7) is 9.06. The number of ketones is 1. The van der Waals surface area contributed by atoms with Crippen LogP contribution < -0.4 is 4.72 Å². The van der Waals surface area contributed by atoms with Crippen LogP contribution >= 0.6 is 12.8 Å². The van der Waals surface area contributed by atoms with E-state index in [9.17, 15) is 4.79 Å². The number of hydrogen-bond acceptors (Lipinski definition) is 6. The van der Waals surface area contributed by atoms with Crippen LogP contribution in [0.25, 0.3) is 0 Å². The van der Waals surface area contributed by atoms with Crippen LogP contribution in [-0.2, 0) is 14.3 Å². The molecule has 1 rings (SSSR count). The molecule has 0 aliphatic heterocycles. The van der Waals surface area contributed by atoms with Gasteiger partial charge in [-0.2, -0.15) is 0 Å². The van der Waals surface area contributed by atoms with Crippen LogP contribution in [-0.4, -0.2) is 31.3 Å². The number of Topliss-reactive ketones (excluding diaryl/α,β-unsaturated/α-hetero) is 1. The largest absolute Gasteiger partial charge is 0.490 e. The molecule has 0 saturated heterocycles. The molecule has 1 fully saturated rings. The van der Waals surface area contributed by atoms with Gasteiger partial charge in [-0.3, -0.25) is 9.52 Å². The molecule has 0 heterocycles. The number of carbonyl (C=O) groups excluding carboxylic acids is 1. The highest BCUT2D eigenvalue weighted by Crippen LogP contribution is 2.26. The van der Waals surface area contributed by atoms with Crippen LogP contribution in [0.4, 0.5) is 0 Å². The average Bonchev–Trinajstić information content (AvgIpc) is 2.42. The number of aliphatic imine (C=N–C) groups is 1. The molecule has 0 aromatic carbocycles. The predicted octanol–water partition coefficient (Wildman–Crippen LogP) is 2.66. The van der Waals surface area contributed by atoms with Crippen molar-refractivity contribution in [2.24, 2.45) is 10.9 Å². The molecule has 6 heteroatoms. The average molecular weight is 312 g/mol. The van der Waals surface area contributed by atoms with E-state index in [4.69, 9.17) is 9.47 Å². The molecule has 1 aliphatic carbocycles. The Labute approximate surface area is 132 Å². The van der Waals surface area contributed by atoms with Crippen molar-refractivity contribution in [1.82, 2.24) is 4.72 Å². The van der Waals surface area contributed by atoms with E-state index in [0.717, 1.165) is 12.8 Å². The summed E-state index contributed by atoms with van der Waals surface area (Å²) in [6, 6.07) is 0.395. The van der Waals surface area contributed by atoms with Crippen molar-refractivity contribution < 1.29 is 14.3 Å². The quantitative estimate of drug-likeness (QED) is 0.297. The minimum absolute atomic E-state index is 0.0194. The van der Waals surface area contributed by atoms with Gasteiger partial charge in [0.25, 0.3) is 0 Å². The summed E-state index contributed by atoms with van der Waals surface area (Å²) in [5.41, 5.74) is 0. The number of carbonyl (C=O) groups is 1. The van der Waals surface area contributed by atoms with Gasteiger partial charge in [0.05, 0.1) is 5.76 Å². The number of thiol groups is 1. The molecule has 1 N–H and O–H groups in total. The maximum Gasteiger partial charge on any atom is 0.212 e. The Bertz CT molecular complexity index is 427. The summed E-state index contributed by atoms with van der Waals surface area (Å²) in [6.07, 6.45) is 5.37. The van der Waals surface area contributed by atoms with E-state index in [1.54, 1.807) is 19.1 Å². The van der Waals surface area contributed by atoms with Gasteiger partial charge in [-0.1, -0.05) is 26.7 Å². The Morgan fingerprint density at radius 2 is 2.14 bits per heavy atom. The lowest BCUT2D eigenvalue weighted by atomic mass is 9.90. The standard InChI is InChI=1S/C15H24N2O3S/c1-10(2)14(18)9-19-11(3)5-6-15(16-4)20-13-7-12(8-13)17-21/h5-6,10,12-13,17,21H,4,7-9H2,1-3H3/b11-5+,15-6+/t12-,13+. The van der Waals surface area contributed by atoms with Crippen molar-refractivity contribution >= 4 is 25.3 Å². The van der Waals surface area contributed by atoms with E-state index >= 15 is 0 Å². The van der Waals surface area contributed by atoms with Gasteiger partial charge in [0, 0.05) is 30.9 Å². The van der Waals surface area contributed by atoms with Crippen LogP contribution in [0, 0.1) is 5.92 Å². The number of hydrogen-bond donors (Lipinski definition) is 2. The summed E-state index contributed by atoms with van der Waals surface area (Å²) in [5.74, 6) is 1.15. The van der Waals surface area contributed by atoms with E-state index in [0.29, 0.717) is 17.7 Å². The zero-order valence-electron chi connectivity index (χ0n) is 12.8. The monoisotopic (exact) mass is 312 g/mol. The molecule has 0 atom stereocenters. The van der Waals surface area contributed by atoms with Gasteiger partial charge < -0.3 is 9.47 Å². The highest BCUT2D eigenvalue weighted by atomic mass is 32.1. The number of nitrogens with zero attached hydrogens (tertiary/aromatic N) is 1. The zero-order valence-corrected chi connectivity index (χ0v) is 13.7. The smallest absolute Gasteiger partial charge is 0.212 e. The Kier molecular flexibility index (Phi) is 7.53. The second-order valence-corrected chi connectivity index (χ2v) is 5.65. The first-order valence-electron chi connectivity index (χ1n) is 7.03. The molecule has 5 nitrogen and oxygen atoms in total. The van der Waals surface area contributed by atoms with Crippen LogP contribution in [0.3, 0.4) is 0 Å². The van der Waals surface area contributed by atoms with Crippen molar-refractivity contribution in [3.8, 4) is 0 Å². The molecule has 1 saturated carbocycles. The lowest BCUT2D eigenvalue weighted by molar-refractivity contribution is -0.125. The van der Waals surface area contributed by atoms with Crippen LogP contribution in [0.5, 0.6) is 0 Å². The third-order valence-electron chi connectivity index (χ3n) is 3.27. The summed E-state index contributed by atoms with van der Waals surface area (Å²) >= 11 is 4.01. The molecule has 0 radical (unpaired) electrons. The molecule has 1 aliphatic rings. The van der Waals surface area contributed by atoms with Crippen molar-refractivity contribution in [2.45, 2.75) is 45.8 Å². The molecular weight excluding hydrogens is 288 g/mol. The first kappa shape index (κ1) is 17.8. The Hall–Kier alpha value is -1.27. The second kappa shape index (κ2) is 8.89. The molecule has 0 aromatic rings. The number of nitrogens with one attached hydrogen (secondary N) is 1. The fraction of sp³-hybridized carbons (Fsp3) is 0.600. The van der Waals surface area contributed by atoms with Crippen LogP contribution in [0.1, 0.15) is 33.6 Å². The number of rotatable bonds is 9. The van der Waals surface area contributed by atoms with E-state index in [-0.39, 0.29) is 24.4 Å². The maximum absolute atomic E-state index is 11.5. The number of ether oxygens (including phenoxy) is 2. The van der Waals surface area contributed by atoms with Crippen molar-refractivity contribution in [2.75, 3.05) is 6.61 Å².